The molecule has 8 nitrogen and oxygen atoms in total. The Hall–Kier alpha value is -2.91. The van der Waals surface area contributed by atoms with Crippen molar-refractivity contribution >= 4 is 33.2 Å². The van der Waals surface area contributed by atoms with Gasteiger partial charge in [-0.05, 0) is 74.4 Å². The Bertz CT molecular complexity index is 1330. The number of carbonyl (C=O) groups excluding carboxylic acids is 2. The van der Waals surface area contributed by atoms with Gasteiger partial charge in [0.25, 0.3) is 0 Å². The largest absolute Gasteiger partial charge is 0.430 e. The van der Waals surface area contributed by atoms with Gasteiger partial charge in [-0.3, -0.25) is 15.0 Å². The smallest absolute Gasteiger partial charge is 0.416 e. The van der Waals surface area contributed by atoms with Crippen LogP contribution in [0.1, 0.15) is 71.6 Å². The van der Waals surface area contributed by atoms with Crippen molar-refractivity contribution in [3.8, 4) is 11.1 Å². The van der Waals surface area contributed by atoms with E-state index in [4.69, 9.17) is 4.74 Å². The zero-order chi connectivity index (χ0) is 27.8. The minimum Gasteiger partial charge on any atom is -0.430 e. The Balaban J connectivity index is 1.43. The summed E-state index contributed by atoms with van der Waals surface area (Å²) in [6.07, 6.45) is 10.6. The van der Waals surface area contributed by atoms with Gasteiger partial charge in [-0.15, -0.1) is 0 Å². The Morgan fingerprint density at radius 3 is 2.21 bits per heavy atom. The van der Waals surface area contributed by atoms with E-state index >= 15 is 0 Å². The highest BCUT2D eigenvalue weighted by Gasteiger charge is 2.39. The van der Waals surface area contributed by atoms with Crippen molar-refractivity contribution in [1.29, 1.82) is 0 Å². The van der Waals surface area contributed by atoms with E-state index in [1.54, 1.807) is 34.1 Å². The molecule has 2 unspecified atom stereocenters. The minimum atomic E-state index is -3.31. The van der Waals surface area contributed by atoms with Crippen molar-refractivity contribution in [2.24, 2.45) is 0 Å². The lowest BCUT2D eigenvalue weighted by atomic mass is 9.82. The van der Waals surface area contributed by atoms with Gasteiger partial charge in [0, 0.05) is 25.3 Å². The molecule has 9 heteroatoms. The van der Waals surface area contributed by atoms with Gasteiger partial charge in [0.15, 0.2) is 16.1 Å². The van der Waals surface area contributed by atoms with E-state index < -0.39 is 15.9 Å². The molecule has 2 aromatic rings. The summed E-state index contributed by atoms with van der Waals surface area (Å²) in [5.74, 6) is -0.0914. The number of nitrogens with one attached hydrogen (secondary N) is 1. The highest BCUT2D eigenvalue weighted by Crippen LogP contribution is 2.40. The predicted octanol–water partition coefficient (Wildman–Crippen LogP) is 5.65. The quantitative estimate of drug-likeness (QED) is 0.528. The van der Waals surface area contributed by atoms with Crippen molar-refractivity contribution in [3.05, 3.63) is 42.5 Å². The van der Waals surface area contributed by atoms with Gasteiger partial charge in [-0.1, -0.05) is 43.9 Å². The highest BCUT2D eigenvalue weighted by atomic mass is 32.2. The number of carbonyl (C=O) groups is 2. The monoisotopic (exact) mass is 553 g/mol. The van der Waals surface area contributed by atoms with E-state index in [1.165, 1.54) is 38.9 Å². The van der Waals surface area contributed by atoms with E-state index in [1.807, 2.05) is 25.1 Å². The van der Waals surface area contributed by atoms with Crippen molar-refractivity contribution in [1.82, 2.24) is 5.32 Å². The fraction of sp³-hybridized carbons (Fsp3) is 0.533. The van der Waals surface area contributed by atoms with Crippen LogP contribution in [0.15, 0.2) is 47.4 Å². The molecule has 2 amide bonds. The second-order valence-corrected chi connectivity index (χ2v) is 13.5. The number of fused-ring (bicyclic) bond motifs is 1. The molecule has 39 heavy (non-hydrogen) atoms. The van der Waals surface area contributed by atoms with Gasteiger partial charge < -0.3 is 9.64 Å². The average Bonchev–Trinajstić information content (AvgIpc) is 3.12. The molecule has 2 aliphatic heterocycles. The van der Waals surface area contributed by atoms with E-state index in [9.17, 15) is 18.0 Å². The van der Waals surface area contributed by atoms with E-state index in [-0.39, 0.29) is 28.6 Å². The fourth-order valence-corrected chi connectivity index (χ4v) is 7.17. The van der Waals surface area contributed by atoms with Crippen molar-refractivity contribution < 1.29 is 22.7 Å². The molecule has 2 fully saturated rings. The molecule has 0 bridgehead atoms. The number of hydrogen-bond acceptors (Lipinski definition) is 6. The molecule has 2 heterocycles. The third kappa shape index (κ3) is 5.84. The molecular formula is C30H39N3O5S. The Morgan fingerprint density at radius 2 is 1.56 bits per heavy atom. The summed E-state index contributed by atoms with van der Waals surface area (Å²) in [6, 6.07) is 12.1. The van der Waals surface area contributed by atoms with E-state index in [2.05, 4.69) is 5.32 Å². The van der Waals surface area contributed by atoms with Crippen LogP contribution in [-0.4, -0.2) is 51.0 Å². The van der Waals surface area contributed by atoms with Crippen LogP contribution in [0, 0.1) is 0 Å². The minimum absolute atomic E-state index is 0.0591. The van der Waals surface area contributed by atoms with E-state index in [0.29, 0.717) is 17.9 Å². The van der Waals surface area contributed by atoms with Gasteiger partial charge in [0.05, 0.1) is 22.3 Å². The number of rotatable bonds is 3. The highest BCUT2D eigenvalue weighted by molar-refractivity contribution is 7.90. The number of nitrogens with zero attached hydrogens (tertiary/aromatic N) is 2. The first-order chi connectivity index (χ1) is 18.6. The molecular weight excluding hydrogens is 514 g/mol. The molecule has 2 atom stereocenters. The first kappa shape index (κ1) is 27.6. The van der Waals surface area contributed by atoms with Gasteiger partial charge in [0.1, 0.15) is 0 Å². The maximum Gasteiger partial charge on any atom is 0.416 e. The maximum absolute atomic E-state index is 13.7. The number of anilines is 2. The summed E-state index contributed by atoms with van der Waals surface area (Å²) in [6.45, 7) is 3.78. The summed E-state index contributed by atoms with van der Waals surface area (Å²) >= 11 is 0. The average molecular weight is 554 g/mol. The number of ether oxygens (including phenoxy) is 1. The van der Waals surface area contributed by atoms with E-state index in [0.717, 1.165) is 43.2 Å². The van der Waals surface area contributed by atoms with Crippen LogP contribution in [0.2, 0.25) is 0 Å². The first-order valence-electron chi connectivity index (χ1n) is 14.1. The van der Waals surface area contributed by atoms with Gasteiger partial charge in [-0.25, -0.2) is 13.2 Å². The number of sulfone groups is 1. The Kier molecular flexibility index (Phi) is 7.75. The molecule has 3 aliphatic rings. The first-order valence-corrected chi connectivity index (χ1v) is 16.0. The molecule has 1 spiro atoms. The Morgan fingerprint density at radius 1 is 0.923 bits per heavy atom. The summed E-state index contributed by atoms with van der Waals surface area (Å²) in [4.78, 5) is 29.9. The number of benzene rings is 2. The lowest BCUT2D eigenvalue weighted by Crippen LogP contribution is -2.57. The second kappa shape index (κ2) is 10.9. The predicted molar refractivity (Wildman–Crippen MR) is 153 cm³/mol. The van der Waals surface area contributed by atoms with Crippen LogP contribution in [0.5, 0.6) is 0 Å². The van der Waals surface area contributed by atoms with Gasteiger partial charge >= 0.3 is 6.09 Å². The number of hydrogen-bond donors (Lipinski definition) is 1. The zero-order valence-corrected chi connectivity index (χ0v) is 23.9. The SMILES string of the molecule is CC(=O)N1c2ccc(-c3ccc(S(C)(=O)=O)cc3)cc2N(C(=O)OC2CCCC3(CCCCCC3)N2)CC1C. The third-order valence-corrected chi connectivity index (χ3v) is 9.61. The van der Waals surface area contributed by atoms with Crippen LogP contribution in [-0.2, 0) is 19.4 Å². The number of piperidine rings is 1. The van der Waals surface area contributed by atoms with Gasteiger partial charge in [-0.2, -0.15) is 0 Å². The second-order valence-electron chi connectivity index (χ2n) is 11.5. The molecule has 210 valence electrons. The van der Waals surface area contributed by atoms with Crippen LogP contribution in [0.3, 0.4) is 0 Å². The van der Waals surface area contributed by atoms with Crippen LogP contribution < -0.4 is 15.1 Å². The number of amides is 2. The van der Waals surface area contributed by atoms with Gasteiger partial charge in [0.2, 0.25) is 5.91 Å². The van der Waals surface area contributed by atoms with Crippen molar-refractivity contribution in [2.45, 2.75) is 94.3 Å². The molecule has 0 radical (unpaired) electrons. The fourth-order valence-electron chi connectivity index (χ4n) is 6.54. The van der Waals surface area contributed by atoms with Crippen molar-refractivity contribution in [2.75, 3.05) is 22.6 Å². The summed E-state index contributed by atoms with van der Waals surface area (Å²) < 4.78 is 29.9. The maximum atomic E-state index is 13.7. The summed E-state index contributed by atoms with van der Waals surface area (Å²) in [7, 11) is -3.31. The third-order valence-electron chi connectivity index (χ3n) is 8.48. The summed E-state index contributed by atoms with van der Waals surface area (Å²) in [5.41, 5.74) is 2.96. The zero-order valence-electron chi connectivity index (χ0n) is 23.1. The molecule has 0 aromatic heterocycles. The molecule has 1 saturated heterocycles. The van der Waals surface area contributed by atoms with Crippen LogP contribution in [0.4, 0.5) is 16.2 Å². The Labute approximate surface area is 231 Å². The molecule has 2 aromatic carbocycles. The molecule has 1 aliphatic carbocycles. The normalized spacial score (nSPS) is 23.2. The molecule has 1 saturated carbocycles. The summed E-state index contributed by atoms with van der Waals surface area (Å²) in [5, 5.41) is 3.71. The molecule has 5 rings (SSSR count). The topological polar surface area (TPSA) is 96.0 Å². The lowest BCUT2D eigenvalue weighted by Gasteiger charge is -2.43. The van der Waals surface area contributed by atoms with Crippen molar-refractivity contribution in [3.63, 3.8) is 0 Å². The lowest BCUT2D eigenvalue weighted by molar-refractivity contribution is -0.117. The van der Waals surface area contributed by atoms with Crippen LogP contribution >= 0.6 is 0 Å². The van der Waals surface area contributed by atoms with Crippen LogP contribution in [0.25, 0.3) is 11.1 Å². The standard InChI is InChI=1S/C30H39N3O5S/c1-21-20-32(29(35)38-28-9-8-18-30(31-28)16-6-4-5-7-17-30)27-19-24(12-15-26(27)33(21)22(2)34)23-10-13-25(14-11-23)39(3,36)37/h10-15,19,21,28,31H,4-9,16-18,20H2,1-3H3. The molecule has 1 N–H and O–H groups in total.